The Morgan fingerprint density at radius 2 is 2.00 bits per heavy atom. The predicted octanol–water partition coefficient (Wildman–Crippen LogP) is 1.70. The molecule has 6 heteroatoms. The van der Waals surface area contributed by atoms with Gasteiger partial charge >= 0.3 is 0 Å². The van der Waals surface area contributed by atoms with Crippen LogP contribution >= 0.6 is 0 Å². The number of nitrogens with two attached hydrogens (primary N) is 1. The van der Waals surface area contributed by atoms with Gasteiger partial charge in [-0.1, -0.05) is 6.92 Å². The molecule has 1 aliphatic rings. The fraction of sp³-hybridized carbons (Fsp3) is 0.714. The van der Waals surface area contributed by atoms with Crippen molar-refractivity contribution in [1.82, 2.24) is 8.87 Å². The van der Waals surface area contributed by atoms with Gasteiger partial charge in [-0.3, -0.25) is 0 Å². The first-order valence-corrected chi connectivity index (χ1v) is 8.78. The lowest BCUT2D eigenvalue weighted by molar-refractivity contribution is 0.240. The second kappa shape index (κ2) is 6.28. The Kier molecular flexibility index (Phi) is 4.88. The van der Waals surface area contributed by atoms with Crippen LogP contribution in [0.3, 0.4) is 0 Å². The first kappa shape index (κ1) is 15.5. The van der Waals surface area contributed by atoms with Crippen LogP contribution in [-0.2, 0) is 17.1 Å². The molecule has 114 valence electrons. The summed E-state index contributed by atoms with van der Waals surface area (Å²) in [6.45, 7) is 2.60. The number of nitrogens with zero attached hydrogens (tertiary/aromatic N) is 2. The Bertz CT molecular complexity index is 530. The minimum atomic E-state index is -3.39. The molecule has 1 fully saturated rings. The van der Waals surface area contributed by atoms with Crippen LogP contribution in [0.1, 0.15) is 39.0 Å². The molecule has 0 unspecified atom stereocenters. The normalized spacial score (nSPS) is 24.2. The maximum absolute atomic E-state index is 12.8. The fourth-order valence-corrected chi connectivity index (χ4v) is 4.70. The second-order valence-electron chi connectivity index (χ2n) is 5.70. The van der Waals surface area contributed by atoms with Crippen LogP contribution < -0.4 is 5.73 Å². The van der Waals surface area contributed by atoms with Crippen molar-refractivity contribution in [2.75, 3.05) is 6.54 Å². The molecule has 0 radical (unpaired) electrons. The van der Waals surface area contributed by atoms with E-state index < -0.39 is 10.0 Å². The van der Waals surface area contributed by atoms with Crippen molar-refractivity contribution in [3.8, 4) is 0 Å². The van der Waals surface area contributed by atoms with Gasteiger partial charge in [0.2, 0.25) is 10.0 Å². The number of hydrogen-bond donors (Lipinski definition) is 1. The number of sulfonamides is 1. The van der Waals surface area contributed by atoms with Crippen LogP contribution in [0.2, 0.25) is 0 Å². The van der Waals surface area contributed by atoms with E-state index in [0.717, 1.165) is 32.1 Å². The molecular formula is C14H25N3O2S. The van der Waals surface area contributed by atoms with Crippen LogP contribution in [0.25, 0.3) is 0 Å². The highest BCUT2D eigenvalue weighted by atomic mass is 32.2. The van der Waals surface area contributed by atoms with Crippen molar-refractivity contribution in [2.24, 2.45) is 12.8 Å². The summed E-state index contributed by atoms with van der Waals surface area (Å²) < 4.78 is 29.1. The first-order chi connectivity index (χ1) is 9.45. The standard InChI is InChI=1S/C14H25N3O2S/c1-3-9-17(13-6-4-12(15)5-7-13)20(18,19)14-8-10-16(2)11-14/h8,10-13H,3-7,9,15H2,1-2H3. The van der Waals surface area contributed by atoms with Gasteiger partial charge in [0.1, 0.15) is 0 Å². The number of rotatable bonds is 5. The van der Waals surface area contributed by atoms with Crippen molar-refractivity contribution < 1.29 is 8.42 Å². The lowest BCUT2D eigenvalue weighted by atomic mass is 9.92. The van der Waals surface area contributed by atoms with E-state index in [0.29, 0.717) is 11.4 Å². The molecular weight excluding hydrogens is 274 g/mol. The van der Waals surface area contributed by atoms with Crippen LogP contribution in [0.4, 0.5) is 0 Å². The van der Waals surface area contributed by atoms with Crippen LogP contribution in [0.5, 0.6) is 0 Å². The Hall–Kier alpha value is -0.850. The molecule has 1 heterocycles. The minimum absolute atomic E-state index is 0.0972. The lowest BCUT2D eigenvalue weighted by Crippen LogP contribution is -2.44. The number of aromatic nitrogens is 1. The van der Waals surface area contributed by atoms with Gasteiger partial charge in [-0.05, 0) is 38.2 Å². The molecule has 1 aromatic rings. The highest BCUT2D eigenvalue weighted by molar-refractivity contribution is 7.89. The second-order valence-corrected chi connectivity index (χ2v) is 7.59. The summed E-state index contributed by atoms with van der Waals surface area (Å²) in [4.78, 5) is 0.392. The zero-order chi connectivity index (χ0) is 14.8. The summed E-state index contributed by atoms with van der Waals surface area (Å²) in [6, 6.07) is 2.00. The van der Waals surface area contributed by atoms with E-state index in [9.17, 15) is 8.42 Å². The van der Waals surface area contributed by atoms with E-state index in [1.54, 1.807) is 27.3 Å². The van der Waals surface area contributed by atoms with Crippen molar-refractivity contribution >= 4 is 10.0 Å². The lowest BCUT2D eigenvalue weighted by Gasteiger charge is -2.34. The van der Waals surface area contributed by atoms with Gasteiger partial charge in [0, 0.05) is 38.1 Å². The fourth-order valence-electron chi connectivity index (χ4n) is 2.87. The van der Waals surface area contributed by atoms with Crippen molar-refractivity contribution in [3.05, 3.63) is 18.5 Å². The molecule has 0 atom stereocenters. The average molecular weight is 299 g/mol. The van der Waals surface area contributed by atoms with Crippen LogP contribution in [0, 0.1) is 0 Å². The molecule has 1 aromatic heterocycles. The van der Waals surface area contributed by atoms with Crippen LogP contribution in [-0.4, -0.2) is 35.9 Å². The summed E-state index contributed by atoms with van der Waals surface area (Å²) >= 11 is 0. The van der Waals surface area contributed by atoms with Gasteiger partial charge in [0.05, 0.1) is 4.90 Å². The zero-order valence-corrected chi connectivity index (χ0v) is 13.1. The summed E-state index contributed by atoms with van der Waals surface area (Å²) in [6.07, 6.45) is 7.83. The molecule has 2 N–H and O–H groups in total. The first-order valence-electron chi connectivity index (χ1n) is 7.34. The highest BCUT2D eigenvalue weighted by Gasteiger charge is 2.33. The summed E-state index contributed by atoms with van der Waals surface area (Å²) in [5.74, 6) is 0. The van der Waals surface area contributed by atoms with E-state index in [4.69, 9.17) is 5.73 Å². The third-order valence-electron chi connectivity index (χ3n) is 4.00. The molecule has 1 saturated carbocycles. The average Bonchev–Trinajstić information content (AvgIpc) is 2.84. The van der Waals surface area contributed by atoms with Crippen molar-refractivity contribution in [2.45, 2.75) is 56.0 Å². The Balaban J connectivity index is 2.23. The molecule has 0 amide bonds. The molecule has 0 saturated heterocycles. The van der Waals surface area contributed by atoms with Gasteiger partial charge in [0.15, 0.2) is 0 Å². The van der Waals surface area contributed by atoms with E-state index in [-0.39, 0.29) is 12.1 Å². The van der Waals surface area contributed by atoms with Crippen LogP contribution in [0.15, 0.2) is 23.4 Å². The van der Waals surface area contributed by atoms with Gasteiger partial charge < -0.3 is 10.3 Å². The monoisotopic (exact) mass is 299 g/mol. The summed E-state index contributed by atoms with van der Waals surface area (Å²) in [7, 11) is -1.55. The zero-order valence-electron chi connectivity index (χ0n) is 12.3. The number of aryl methyl sites for hydroxylation is 1. The molecule has 0 aromatic carbocycles. The van der Waals surface area contributed by atoms with Crippen molar-refractivity contribution in [3.63, 3.8) is 0 Å². The van der Waals surface area contributed by atoms with Gasteiger partial charge in [-0.15, -0.1) is 0 Å². The van der Waals surface area contributed by atoms with Gasteiger partial charge in [-0.25, -0.2) is 8.42 Å². The maximum atomic E-state index is 12.8. The van der Waals surface area contributed by atoms with E-state index in [1.165, 1.54) is 0 Å². The molecule has 0 aliphatic heterocycles. The predicted molar refractivity (Wildman–Crippen MR) is 79.8 cm³/mol. The third-order valence-corrected chi connectivity index (χ3v) is 5.94. The Labute approximate surface area is 121 Å². The molecule has 5 nitrogen and oxygen atoms in total. The van der Waals surface area contributed by atoms with Gasteiger partial charge in [-0.2, -0.15) is 4.31 Å². The Morgan fingerprint density at radius 3 is 2.50 bits per heavy atom. The topological polar surface area (TPSA) is 68.3 Å². The van der Waals surface area contributed by atoms with Crippen molar-refractivity contribution in [1.29, 1.82) is 0 Å². The molecule has 1 aliphatic carbocycles. The quantitative estimate of drug-likeness (QED) is 0.899. The summed E-state index contributed by atoms with van der Waals surface area (Å²) in [5.41, 5.74) is 5.92. The van der Waals surface area contributed by atoms with E-state index in [1.807, 2.05) is 14.0 Å². The molecule has 0 spiro atoms. The minimum Gasteiger partial charge on any atom is -0.356 e. The maximum Gasteiger partial charge on any atom is 0.244 e. The Morgan fingerprint density at radius 1 is 1.35 bits per heavy atom. The van der Waals surface area contributed by atoms with E-state index >= 15 is 0 Å². The number of hydrogen-bond acceptors (Lipinski definition) is 3. The molecule has 20 heavy (non-hydrogen) atoms. The summed E-state index contributed by atoms with van der Waals surface area (Å²) in [5, 5.41) is 0. The largest absolute Gasteiger partial charge is 0.356 e. The SMILES string of the molecule is CCCN(C1CCC(N)CC1)S(=O)(=O)c1ccn(C)c1. The molecule has 0 bridgehead atoms. The van der Waals surface area contributed by atoms with Gasteiger partial charge in [0.25, 0.3) is 0 Å². The smallest absolute Gasteiger partial charge is 0.244 e. The van der Waals surface area contributed by atoms with E-state index in [2.05, 4.69) is 0 Å². The molecule has 2 rings (SSSR count). The third kappa shape index (κ3) is 3.24. The highest BCUT2D eigenvalue weighted by Crippen LogP contribution is 2.27.